The number of nitrogen functional groups attached to an aromatic ring is 1. The van der Waals surface area contributed by atoms with Crippen LogP contribution in [-0.4, -0.2) is 0 Å². The van der Waals surface area contributed by atoms with E-state index in [4.69, 9.17) is 5.73 Å². The predicted octanol–water partition coefficient (Wildman–Crippen LogP) is 4.02. The van der Waals surface area contributed by atoms with Crippen molar-refractivity contribution in [3.63, 3.8) is 0 Å². The van der Waals surface area contributed by atoms with Crippen molar-refractivity contribution >= 4 is 40.0 Å². The molecule has 0 heterocycles. The van der Waals surface area contributed by atoms with Crippen LogP contribution in [0.15, 0.2) is 58.3 Å². The van der Waals surface area contributed by atoms with Crippen molar-refractivity contribution in [3.05, 3.63) is 52.1 Å². The van der Waals surface area contributed by atoms with E-state index in [9.17, 15) is 0 Å². The van der Waals surface area contributed by atoms with Crippen LogP contribution >= 0.6 is 34.4 Å². The normalized spacial score (nSPS) is 10.2. The maximum atomic E-state index is 5.64. The lowest BCUT2D eigenvalue weighted by Gasteiger charge is -2.03. The molecule has 0 fully saturated rings. The highest BCUT2D eigenvalue weighted by Crippen LogP contribution is 2.31. The standard InChI is InChI=1S/C12H10INS/c13-11-3-1-2-4-12(11)15-10-7-5-9(14)6-8-10/h1-8H,14H2. The van der Waals surface area contributed by atoms with E-state index in [1.54, 1.807) is 11.8 Å². The van der Waals surface area contributed by atoms with Gasteiger partial charge < -0.3 is 5.73 Å². The molecule has 2 rings (SSSR count). The van der Waals surface area contributed by atoms with Gasteiger partial charge in [-0.1, -0.05) is 23.9 Å². The first-order chi connectivity index (χ1) is 7.25. The Labute approximate surface area is 107 Å². The minimum Gasteiger partial charge on any atom is -0.399 e. The second kappa shape index (κ2) is 4.90. The lowest BCUT2D eigenvalue weighted by Crippen LogP contribution is -1.83. The van der Waals surface area contributed by atoms with Gasteiger partial charge in [0.05, 0.1) is 0 Å². The SMILES string of the molecule is Nc1ccc(Sc2ccccc2I)cc1. The van der Waals surface area contributed by atoms with Crippen LogP contribution in [0.2, 0.25) is 0 Å². The van der Waals surface area contributed by atoms with Crippen LogP contribution in [0, 0.1) is 3.57 Å². The Morgan fingerprint density at radius 3 is 2.27 bits per heavy atom. The van der Waals surface area contributed by atoms with Crippen LogP contribution in [0.4, 0.5) is 5.69 Å². The van der Waals surface area contributed by atoms with Gasteiger partial charge in [0.2, 0.25) is 0 Å². The zero-order chi connectivity index (χ0) is 10.7. The lowest BCUT2D eigenvalue weighted by atomic mass is 10.3. The van der Waals surface area contributed by atoms with E-state index in [1.807, 2.05) is 24.3 Å². The first-order valence-electron chi connectivity index (χ1n) is 4.53. The Balaban J connectivity index is 2.22. The smallest absolute Gasteiger partial charge is 0.0314 e. The fourth-order valence-corrected chi connectivity index (χ4v) is 2.75. The number of halogens is 1. The number of anilines is 1. The average molecular weight is 327 g/mol. The lowest BCUT2D eigenvalue weighted by molar-refractivity contribution is 1.37. The summed E-state index contributed by atoms with van der Waals surface area (Å²) in [5, 5.41) is 0. The van der Waals surface area contributed by atoms with E-state index in [0.717, 1.165) is 5.69 Å². The molecule has 0 amide bonds. The van der Waals surface area contributed by atoms with Crippen LogP contribution in [0.1, 0.15) is 0 Å². The summed E-state index contributed by atoms with van der Waals surface area (Å²) < 4.78 is 1.27. The molecule has 2 aromatic carbocycles. The molecule has 0 aromatic heterocycles. The van der Waals surface area contributed by atoms with Gasteiger partial charge in [0.15, 0.2) is 0 Å². The van der Waals surface area contributed by atoms with Crippen molar-refractivity contribution in [2.24, 2.45) is 0 Å². The van der Waals surface area contributed by atoms with Gasteiger partial charge in [-0.15, -0.1) is 0 Å². The van der Waals surface area contributed by atoms with Gasteiger partial charge in [-0.05, 0) is 59.0 Å². The molecular weight excluding hydrogens is 317 g/mol. The topological polar surface area (TPSA) is 26.0 Å². The van der Waals surface area contributed by atoms with Gasteiger partial charge >= 0.3 is 0 Å². The Hall–Kier alpha value is -0.680. The Morgan fingerprint density at radius 2 is 1.60 bits per heavy atom. The summed E-state index contributed by atoms with van der Waals surface area (Å²) in [5.41, 5.74) is 6.45. The van der Waals surface area contributed by atoms with Gasteiger partial charge in [-0.2, -0.15) is 0 Å². The molecule has 0 unspecified atom stereocenters. The Kier molecular flexibility index (Phi) is 3.53. The number of hydrogen-bond donors (Lipinski definition) is 1. The monoisotopic (exact) mass is 327 g/mol. The van der Waals surface area contributed by atoms with Crippen LogP contribution in [0.5, 0.6) is 0 Å². The number of benzene rings is 2. The Morgan fingerprint density at radius 1 is 0.933 bits per heavy atom. The van der Waals surface area contributed by atoms with Crippen molar-refractivity contribution in [1.29, 1.82) is 0 Å². The second-order valence-corrected chi connectivity index (χ2v) is 5.38. The fraction of sp³-hybridized carbons (Fsp3) is 0. The molecule has 0 aliphatic heterocycles. The molecular formula is C12H10INS. The molecule has 1 nitrogen and oxygen atoms in total. The van der Waals surface area contributed by atoms with Gasteiger partial charge in [-0.25, -0.2) is 0 Å². The summed E-state index contributed by atoms with van der Waals surface area (Å²) in [5.74, 6) is 0. The van der Waals surface area contributed by atoms with E-state index in [1.165, 1.54) is 13.4 Å². The van der Waals surface area contributed by atoms with Crippen molar-refractivity contribution in [1.82, 2.24) is 0 Å². The summed E-state index contributed by atoms with van der Waals surface area (Å²) in [6.45, 7) is 0. The largest absolute Gasteiger partial charge is 0.399 e. The molecule has 2 aromatic rings. The molecule has 15 heavy (non-hydrogen) atoms. The molecule has 3 heteroatoms. The van der Waals surface area contributed by atoms with E-state index in [0.29, 0.717) is 0 Å². The minimum atomic E-state index is 0.808. The summed E-state index contributed by atoms with van der Waals surface area (Å²) in [6, 6.07) is 16.3. The molecule has 0 atom stereocenters. The second-order valence-electron chi connectivity index (χ2n) is 3.10. The number of nitrogens with two attached hydrogens (primary N) is 1. The third kappa shape index (κ3) is 2.89. The molecule has 0 aliphatic rings. The molecule has 2 N–H and O–H groups in total. The summed E-state index contributed by atoms with van der Waals surface area (Å²) >= 11 is 4.11. The predicted molar refractivity (Wildman–Crippen MR) is 74.1 cm³/mol. The minimum absolute atomic E-state index is 0.808. The first kappa shape index (κ1) is 10.8. The van der Waals surface area contributed by atoms with Crippen molar-refractivity contribution in [3.8, 4) is 0 Å². The molecule has 0 aliphatic carbocycles. The van der Waals surface area contributed by atoms with Crippen molar-refractivity contribution in [2.45, 2.75) is 9.79 Å². The van der Waals surface area contributed by atoms with E-state index in [2.05, 4.69) is 46.9 Å². The average Bonchev–Trinajstić information content (AvgIpc) is 2.25. The van der Waals surface area contributed by atoms with Crippen LogP contribution in [0.25, 0.3) is 0 Å². The van der Waals surface area contributed by atoms with Crippen molar-refractivity contribution < 1.29 is 0 Å². The molecule has 0 bridgehead atoms. The summed E-state index contributed by atoms with van der Waals surface area (Å²) in [6.07, 6.45) is 0. The highest BCUT2D eigenvalue weighted by atomic mass is 127. The number of hydrogen-bond acceptors (Lipinski definition) is 2. The van der Waals surface area contributed by atoms with E-state index in [-0.39, 0.29) is 0 Å². The van der Waals surface area contributed by atoms with Gasteiger partial charge in [-0.3, -0.25) is 0 Å². The molecule has 0 radical (unpaired) electrons. The fourth-order valence-electron chi connectivity index (χ4n) is 1.19. The molecule has 0 saturated carbocycles. The third-order valence-electron chi connectivity index (χ3n) is 1.94. The molecule has 0 saturated heterocycles. The molecule has 76 valence electrons. The van der Waals surface area contributed by atoms with E-state index < -0.39 is 0 Å². The quantitative estimate of drug-likeness (QED) is 0.666. The van der Waals surface area contributed by atoms with Gasteiger partial charge in [0.25, 0.3) is 0 Å². The highest BCUT2D eigenvalue weighted by Gasteiger charge is 2.00. The highest BCUT2D eigenvalue weighted by molar-refractivity contribution is 14.1. The summed E-state index contributed by atoms with van der Waals surface area (Å²) in [4.78, 5) is 2.50. The van der Waals surface area contributed by atoms with Crippen LogP contribution in [0.3, 0.4) is 0 Å². The summed E-state index contributed by atoms with van der Waals surface area (Å²) in [7, 11) is 0. The van der Waals surface area contributed by atoms with Crippen LogP contribution < -0.4 is 5.73 Å². The first-order valence-corrected chi connectivity index (χ1v) is 6.43. The van der Waals surface area contributed by atoms with E-state index >= 15 is 0 Å². The Bertz CT molecular complexity index is 453. The van der Waals surface area contributed by atoms with Gasteiger partial charge in [0.1, 0.15) is 0 Å². The zero-order valence-corrected chi connectivity index (χ0v) is 11.0. The maximum absolute atomic E-state index is 5.64. The number of rotatable bonds is 2. The zero-order valence-electron chi connectivity index (χ0n) is 7.98. The maximum Gasteiger partial charge on any atom is 0.0314 e. The molecule has 0 spiro atoms. The third-order valence-corrected chi connectivity index (χ3v) is 4.34. The van der Waals surface area contributed by atoms with Crippen LogP contribution in [-0.2, 0) is 0 Å². The van der Waals surface area contributed by atoms with Crippen molar-refractivity contribution in [2.75, 3.05) is 5.73 Å². The van der Waals surface area contributed by atoms with Gasteiger partial charge in [0, 0.05) is 19.0 Å².